The molecule has 5 heteroatoms. The summed E-state index contributed by atoms with van der Waals surface area (Å²) >= 11 is 0. The number of rotatable bonds is 4. The van der Waals surface area contributed by atoms with Gasteiger partial charge in [-0.25, -0.2) is 5.43 Å². The van der Waals surface area contributed by atoms with E-state index in [0.717, 1.165) is 27.9 Å². The van der Waals surface area contributed by atoms with E-state index < -0.39 is 0 Å². The zero-order chi connectivity index (χ0) is 14.8. The number of hydrogen-bond donors (Lipinski definition) is 2. The predicted octanol–water partition coefficient (Wildman–Crippen LogP) is 2.70. The van der Waals surface area contributed by atoms with Gasteiger partial charge in [0.25, 0.3) is 0 Å². The van der Waals surface area contributed by atoms with Crippen molar-refractivity contribution in [3.63, 3.8) is 0 Å². The Balaban J connectivity index is 2.12. The highest BCUT2D eigenvalue weighted by molar-refractivity contribution is 5.81. The van der Waals surface area contributed by atoms with E-state index in [0.29, 0.717) is 5.75 Å². The maximum absolute atomic E-state index is 5.99. The Morgan fingerprint density at radius 2 is 2.19 bits per heavy atom. The van der Waals surface area contributed by atoms with Crippen LogP contribution in [0.5, 0.6) is 5.75 Å². The number of fused-ring (bicyclic) bond motifs is 1. The number of benzene rings is 1. The van der Waals surface area contributed by atoms with Crippen LogP contribution in [0.2, 0.25) is 0 Å². The SMILES string of the molecule is COc1cnccc1C(NN)c1cc2cccc(C)c2o1. The largest absolute Gasteiger partial charge is 0.495 e. The van der Waals surface area contributed by atoms with Crippen molar-refractivity contribution >= 4 is 11.0 Å². The van der Waals surface area contributed by atoms with Gasteiger partial charge in [0.2, 0.25) is 0 Å². The van der Waals surface area contributed by atoms with Crippen molar-refractivity contribution in [2.24, 2.45) is 5.84 Å². The molecule has 0 saturated heterocycles. The second-order valence-corrected chi connectivity index (χ2v) is 4.86. The molecule has 3 aromatic rings. The van der Waals surface area contributed by atoms with E-state index in [2.05, 4.69) is 10.4 Å². The third kappa shape index (κ3) is 2.37. The summed E-state index contributed by atoms with van der Waals surface area (Å²) in [5.74, 6) is 7.14. The molecule has 0 aliphatic carbocycles. The maximum Gasteiger partial charge on any atom is 0.142 e. The van der Waals surface area contributed by atoms with Crippen LogP contribution in [0.3, 0.4) is 0 Å². The molecule has 0 radical (unpaired) electrons. The van der Waals surface area contributed by atoms with Gasteiger partial charge in [-0.1, -0.05) is 18.2 Å². The van der Waals surface area contributed by atoms with Gasteiger partial charge in [-0.05, 0) is 24.6 Å². The first-order valence-corrected chi connectivity index (χ1v) is 6.67. The van der Waals surface area contributed by atoms with Crippen molar-refractivity contribution in [1.82, 2.24) is 10.4 Å². The summed E-state index contributed by atoms with van der Waals surface area (Å²) in [6.45, 7) is 2.02. The number of para-hydroxylation sites is 1. The fourth-order valence-corrected chi connectivity index (χ4v) is 2.50. The number of hydrogen-bond acceptors (Lipinski definition) is 5. The number of nitrogens with zero attached hydrogens (tertiary/aromatic N) is 1. The molecule has 5 nitrogen and oxygen atoms in total. The molecule has 1 unspecified atom stereocenters. The van der Waals surface area contributed by atoms with Crippen LogP contribution in [0, 0.1) is 6.92 Å². The molecule has 0 saturated carbocycles. The van der Waals surface area contributed by atoms with Crippen LogP contribution < -0.4 is 16.0 Å². The monoisotopic (exact) mass is 283 g/mol. The predicted molar refractivity (Wildman–Crippen MR) is 80.9 cm³/mol. The van der Waals surface area contributed by atoms with Crippen LogP contribution in [-0.2, 0) is 0 Å². The Kier molecular flexibility index (Phi) is 3.60. The molecule has 3 rings (SSSR count). The molecule has 0 aliphatic rings. The summed E-state index contributed by atoms with van der Waals surface area (Å²) in [6, 6.07) is 9.61. The summed E-state index contributed by atoms with van der Waals surface area (Å²) in [5, 5.41) is 1.05. The van der Waals surface area contributed by atoms with Crippen molar-refractivity contribution in [2.45, 2.75) is 13.0 Å². The number of nitrogens with one attached hydrogen (secondary N) is 1. The minimum atomic E-state index is -0.297. The number of hydrazine groups is 1. The standard InChI is InChI=1S/C16H17N3O2/c1-10-4-3-5-11-8-13(21-16(10)11)15(19-17)12-6-7-18-9-14(12)20-2/h3-9,15,19H,17H2,1-2H3. The molecule has 0 amide bonds. The molecular formula is C16H17N3O2. The Morgan fingerprint density at radius 1 is 1.33 bits per heavy atom. The fraction of sp³-hybridized carbons (Fsp3) is 0.188. The van der Waals surface area contributed by atoms with Gasteiger partial charge in [0.05, 0.1) is 13.3 Å². The summed E-state index contributed by atoms with van der Waals surface area (Å²) in [7, 11) is 1.61. The molecule has 2 aromatic heterocycles. The Bertz CT molecular complexity index is 767. The molecular weight excluding hydrogens is 266 g/mol. The second kappa shape index (κ2) is 5.55. The van der Waals surface area contributed by atoms with E-state index in [1.807, 2.05) is 37.3 Å². The quantitative estimate of drug-likeness (QED) is 0.569. The van der Waals surface area contributed by atoms with Gasteiger partial charge < -0.3 is 9.15 Å². The number of methoxy groups -OCH3 is 1. The van der Waals surface area contributed by atoms with Gasteiger partial charge in [0.1, 0.15) is 23.1 Å². The third-order valence-corrected chi connectivity index (χ3v) is 3.56. The van der Waals surface area contributed by atoms with Gasteiger partial charge >= 0.3 is 0 Å². The highest BCUT2D eigenvalue weighted by Gasteiger charge is 2.21. The normalized spacial score (nSPS) is 12.5. The summed E-state index contributed by atoms with van der Waals surface area (Å²) in [4.78, 5) is 4.06. The van der Waals surface area contributed by atoms with Gasteiger partial charge in [-0.15, -0.1) is 0 Å². The summed E-state index contributed by atoms with van der Waals surface area (Å²) in [5.41, 5.74) is 5.64. The molecule has 108 valence electrons. The minimum Gasteiger partial charge on any atom is -0.495 e. The minimum absolute atomic E-state index is 0.297. The number of nitrogens with two attached hydrogens (primary N) is 1. The number of ether oxygens (including phenoxy) is 1. The Labute approximate surface area is 122 Å². The summed E-state index contributed by atoms with van der Waals surface area (Å²) < 4.78 is 11.3. The molecule has 0 fully saturated rings. The molecule has 1 atom stereocenters. The van der Waals surface area contributed by atoms with Crippen LogP contribution in [0.25, 0.3) is 11.0 Å². The van der Waals surface area contributed by atoms with E-state index >= 15 is 0 Å². The second-order valence-electron chi connectivity index (χ2n) is 4.86. The molecule has 0 aliphatic heterocycles. The first-order valence-electron chi connectivity index (χ1n) is 6.67. The Hall–Kier alpha value is -2.37. The van der Waals surface area contributed by atoms with E-state index in [-0.39, 0.29) is 6.04 Å². The van der Waals surface area contributed by atoms with Crippen LogP contribution >= 0.6 is 0 Å². The molecule has 21 heavy (non-hydrogen) atoms. The lowest BCUT2D eigenvalue weighted by Gasteiger charge is -2.16. The van der Waals surface area contributed by atoms with Gasteiger partial charge in [-0.3, -0.25) is 10.8 Å². The van der Waals surface area contributed by atoms with Gasteiger partial charge in [0, 0.05) is 17.1 Å². The average Bonchev–Trinajstić information content (AvgIpc) is 2.94. The molecule has 0 bridgehead atoms. The zero-order valence-electron chi connectivity index (χ0n) is 12.0. The van der Waals surface area contributed by atoms with Crippen LogP contribution in [-0.4, -0.2) is 12.1 Å². The highest BCUT2D eigenvalue weighted by Crippen LogP contribution is 2.32. The lowest BCUT2D eigenvalue weighted by molar-refractivity contribution is 0.394. The van der Waals surface area contributed by atoms with Gasteiger partial charge in [0.15, 0.2) is 0 Å². The molecule has 1 aromatic carbocycles. The first-order chi connectivity index (χ1) is 10.2. The maximum atomic E-state index is 5.99. The Morgan fingerprint density at radius 3 is 2.90 bits per heavy atom. The highest BCUT2D eigenvalue weighted by atomic mass is 16.5. The molecule has 3 N–H and O–H groups in total. The topological polar surface area (TPSA) is 73.3 Å². The lowest BCUT2D eigenvalue weighted by atomic mass is 10.1. The molecule has 0 spiro atoms. The third-order valence-electron chi connectivity index (χ3n) is 3.56. The van der Waals surface area contributed by atoms with Crippen molar-refractivity contribution in [3.8, 4) is 5.75 Å². The van der Waals surface area contributed by atoms with E-state index in [9.17, 15) is 0 Å². The number of aryl methyl sites for hydroxylation is 1. The summed E-state index contributed by atoms with van der Waals surface area (Å²) in [6.07, 6.45) is 3.36. The smallest absolute Gasteiger partial charge is 0.142 e. The van der Waals surface area contributed by atoms with E-state index in [1.54, 1.807) is 19.5 Å². The van der Waals surface area contributed by atoms with Crippen molar-refractivity contribution in [1.29, 1.82) is 0 Å². The fourth-order valence-electron chi connectivity index (χ4n) is 2.50. The van der Waals surface area contributed by atoms with E-state index in [1.165, 1.54) is 0 Å². The lowest BCUT2D eigenvalue weighted by Crippen LogP contribution is -2.28. The number of furan rings is 1. The number of pyridine rings is 1. The number of aromatic nitrogens is 1. The van der Waals surface area contributed by atoms with Crippen LogP contribution in [0.15, 0.2) is 47.1 Å². The van der Waals surface area contributed by atoms with E-state index in [4.69, 9.17) is 15.0 Å². The van der Waals surface area contributed by atoms with Gasteiger partial charge in [-0.2, -0.15) is 0 Å². The average molecular weight is 283 g/mol. The first kappa shape index (κ1) is 13.6. The zero-order valence-corrected chi connectivity index (χ0v) is 12.0. The van der Waals surface area contributed by atoms with Crippen molar-refractivity contribution in [3.05, 3.63) is 59.6 Å². The van der Waals surface area contributed by atoms with Crippen molar-refractivity contribution < 1.29 is 9.15 Å². The van der Waals surface area contributed by atoms with Crippen LogP contribution in [0.4, 0.5) is 0 Å². The van der Waals surface area contributed by atoms with Crippen molar-refractivity contribution in [2.75, 3.05) is 7.11 Å². The van der Waals surface area contributed by atoms with Crippen LogP contribution in [0.1, 0.15) is 22.9 Å². The molecule has 2 heterocycles.